The summed E-state index contributed by atoms with van der Waals surface area (Å²) in [7, 11) is 0. The van der Waals surface area contributed by atoms with E-state index >= 15 is 0 Å². The standard InChI is InChI=1S/C8H8ClN3S/c9-7-2-1-6(13-7)8-5(3-10)4-11-12-8/h1-2,4H,3,10H2,(H,11,12). The molecule has 0 atom stereocenters. The van der Waals surface area contributed by atoms with Gasteiger partial charge in [-0.25, -0.2) is 0 Å². The molecule has 0 unspecified atom stereocenters. The van der Waals surface area contributed by atoms with Gasteiger partial charge in [0.05, 0.1) is 21.1 Å². The number of aromatic nitrogens is 2. The molecule has 0 fully saturated rings. The lowest BCUT2D eigenvalue weighted by Gasteiger charge is -1.94. The number of nitrogens with zero attached hydrogens (tertiary/aromatic N) is 1. The van der Waals surface area contributed by atoms with E-state index in [2.05, 4.69) is 10.2 Å². The van der Waals surface area contributed by atoms with Crippen LogP contribution in [0, 0.1) is 0 Å². The molecule has 0 radical (unpaired) electrons. The molecular formula is C8H8ClN3S. The van der Waals surface area contributed by atoms with Crippen molar-refractivity contribution in [2.24, 2.45) is 5.73 Å². The number of H-pyrrole nitrogens is 1. The summed E-state index contributed by atoms with van der Waals surface area (Å²) < 4.78 is 0.771. The molecule has 5 heteroatoms. The number of nitrogens with one attached hydrogen (secondary N) is 1. The van der Waals surface area contributed by atoms with Crippen LogP contribution in [0.4, 0.5) is 0 Å². The van der Waals surface area contributed by atoms with Gasteiger partial charge in [-0.15, -0.1) is 11.3 Å². The Morgan fingerprint density at radius 2 is 2.38 bits per heavy atom. The van der Waals surface area contributed by atoms with Gasteiger partial charge in [0.25, 0.3) is 0 Å². The van der Waals surface area contributed by atoms with Gasteiger partial charge in [-0.3, -0.25) is 5.10 Å². The fraction of sp³-hybridized carbons (Fsp3) is 0.125. The highest BCUT2D eigenvalue weighted by atomic mass is 35.5. The van der Waals surface area contributed by atoms with Crippen molar-refractivity contribution >= 4 is 22.9 Å². The molecule has 3 N–H and O–H groups in total. The van der Waals surface area contributed by atoms with Crippen molar-refractivity contribution in [3.63, 3.8) is 0 Å². The van der Waals surface area contributed by atoms with Crippen LogP contribution in [-0.2, 0) is 6.54 Å². The molecule has 0 aliphatic carbocycles. The summed E-state index contributed by atoms with van der Waals surface area (Å²) >= 11 is 7.34. The van der Waals surface area contributed by atoms with Gasteiger partial charge in [0, 0.05) is 12.1 Å². The Morgan fingerprint density at radius 1 is 1.54 bits per heavy atom. The summed E-state index contributed by atoms with van der Waals surface area (Å²) in [5.41, 5.74) is 7.54. The molecule has 13 heavy (non-hydrogen) atoms. The molecule has 2 rings (SSSR count). The molecule has 2 aromatic heterocycles. The van der Waals surface area contributed by atoms with Crippen LogP contribution < -0.4 is 5.73 Å². The van der Waals surface area contributed by atoms with E-state index in [9.17, 15) is 0 Å². The number of nitrogens with two attached hydrogens (primary N) is 1. The third kappa shape index (κ3) is 1.60. The van der Waals surface area contributed by atoms with E-state index in [4.69, 9.17) is 17.3 Å². The predicted octanol–water partition coefficient (Wildman–Crippen LogP) is 2.25. The molecule has 0 aromatic carbocycles. The molecule has 0 aliphatic rings. The fourth-order valence-corrected chi connectivity index (χ4v) is 2.20. The maximum atomic E-state index is 5.83. The second kappa shape index (κ2) is 3.49. The minimum absolute atomic E-state index is 0.487. The van der Waals surface area contributed by atoms with E-state index < -0.39 is 0 Å². The van der Waals surface area contributed by atoms with Gasteiger partial charge in [-0.05, 0) is 12.1 Å². The highest BCUT2D eigenvalue weighted by Gasteiger charge is 2.07. The van der Waals surface area contributed by atoms with E-state index in [-0.39, 0.29) is 0 Å². The first-order valence-electron chi connectivity index (χ1n) is 3.79. The van der Waals surface area contributed by atoms with Crippen molar-refractivity contribution in [2.45, 2.75) is 6.54 Å². The maximum Gasteiger partial charge on any atom is 0.0935 e. The molecule has 0 saturated carbocycles. The van der Waals surface area contributed by atoms with Crippen molar-refractivity contribution in [1.82, 2.24) is 10.2 Å². The topological polar surface area (TPSA) is 54.7 Å². The molecule has 0 saturated heterocycles. The third-order valence-electron chi connectivity index (χ3n) is 1.76. The number of halogens is 1. The number of rotatable bonds is 2. The van der Waals surface area contributed by atoms with Gasteiger partial charge in [0.15, 0.2) is 0 Å². The Balaban J connectivity index is 2.45. The number of hydrogen-bond acceptors (Lipinski definition) is 3. The minimum atomic E-state index is 0.487. The van der Waals surface area contributed by atoms with Gasteiger partial charge >= 0.3 is 0 Å². The van der Waals surface area contributed by atoms with Crippen molar-refractivity contribution in [3.05, 3.63) is 28.2 Å². The van der Waals surface area contributed by atoms with Gasteiger partial charge in [0.1, 0.15) is 0 Å². The van der Waals surface area contributed by atoms with Crippen LogP contribution in [0.1, 0.15) is 5.56 Å². The first-order chi connectivity index (χ1) is 6.31. The van der Waals surface area contributed by atoms with Crippen LogP contribution in [0.2, 0.25) is 4.34 Å². The summed E-state index contributed by atoms with van der Waals surface area (Å²) in [5.74, 6) is 0. The molecule has 68 valence electrons. The van der Waals surface area contributed by atoms with E-state index in [0.29, 0.717) is 6.54 Å². The molecular weight excluding hydrogens is 206 g/mol. The lowest BCUT2D eigenvalue weighted by molar-refractivity contribution is 1.08. The zero-order valence-corrected chi connectivity index (χ0v) is 8.32. The Labute approximate surface area is 84.5 Å². The third-order valence-corrected chi connectivity index (χ3v) is 3.01. The van der Waals surface area contributed by atoms with Crippen LogP contribution in [0.3, 0.4) is 0 Å². The Bertz CT molecular complexity index is 407. The SMILES string of the molecule is NCc1cn[nH]c1-c1ccc(Cl)s1. The van der Waals surface area contributed by atoms with Crippen molar-refractivity contribution in [2.75, 3.05) is 0 Å². The number of aromatic amines is 1. The lowest BCUT2D eigenvalue weighted by atomic mass is 10.2. The number of hydrogen-bond donors (Lipinski definition) is 2. The van der Waals surface area contributed by atoms with Crippen LogP contribution in [0.25, 0.3) is 10.6 Å². The smallest absolute Gasteiger partial charge is 0.0935 e. The molecule has 3 nitrogen and oxygen atoms in total. The minimum Gasteiger partial charge on any atom is -0.326 e. The maximum absolute atomic E-state index is 5.83. The van der Waals surface area contributed by atoms with Crippen molar-refractivity contribution in [1.29, 1.82) is 0 Å². The second-order valence-electron chi connectivity index (χ2n) is 2.58. The van der Waals surface area contributed by atoms with Gasteiger partial charge in [-0.1, -0.05) is 11.6 Å². The Kier molecular flexibility index (Phi) is 2.35. The molecule has 2 aromatic rings. The molecule has 0 amide bonds. The summed E-state index contributed by atoms with van der Waals surface area (Å²) in [6, 6.07) is 3.82. The highest BCUT2D eigenvalue weighted by Crippen LogP contribution is 2.31. The zero-order chi connectivity index (χ0) is 9.26. The predicted molar refractivity (Wildman–Crippen MR) is 54.8 cm³/mol. The summed E-state index contributed by atoms with van der Waals surface area (Å²) in [5, 5.41) is 6.85. The van der Waals surface area contributed by atoms with Crippen LogP contribution in [0.15, 0.2) is 18.3 Å². The average molecular weight is 214 g/mol. The monoisotopic (exact) mass is 213 g/mol. The van der Waals surface area contributed by atoms with Crippen molar-refractivity contribution in [3.8, 4) is 10.6 Å². The summed E-state index contributed by atoms with van der Waals surface area (Å²) in [6.45, 7) is 0.487. The Morgan fingerprint density at radius 3 is 3.00 bits per heavy atom. The van der Waals surface area contributed by atoms with E-state index in [0.717, 1.165) is 20.5 Å². The van der Waals surface area contributed by atoms with Gasteiger partial charge < -0.3 is 5.73 Å². The fourth-order valence-electron chi connectivity index (χ4n) is 1.13. The zero-order valence-electron chi connectivity index (χ0n) is 6.75. The first kappa shape index (κ1) is 8.74. The second-order valence-corrected chi connectivity index (χ2v) is 4.29. The average Bonchev–Trinajstić information content (AvgIpc) is 2.71. The number of thiophene rings is 1. The summed E-state index contributed by atoms with van der Waals surface area (Å²) in [6.07, 6.45) is 1.74. The van der Waals surface area contributed by atoms with Gasteiger partial charge in [0.2, 0.25) is 0 Å². The lowest BCUT2D eigenvalue weighted by Crippen LogP contribution is -1.95. The quantitative estimate of drug-likeness (QED) is 0.804. The van der Waals surface area contributed by atoms with Crippen LogP contribution >= 0.6 is 22.9 Å². The largest absolute Gasteiger partial charge is 0.326 e. The van der Waals surface area contributed by atoms with E-state index in [1.54, 1.807) is 6.20 Å². The first-order valence-corrected chi connectivity index (χ1v) is 4.98. The van der Waals surface area contributed by atoms with Gasteiger partial charge in [-0.2, -0.15) is 5.10 Å². The molecule has 0 spiro atoms. The molecule has 2 heterocycles. The van der Waals surface area contributed by atoms with E-state index in [1.807, 2.05) is 12.1 Å². The highest BCUT2D eigenvalue weighted by molar-refractivity contribution is 7.19. The summed E-state index contributed by atoms with van der Waals surface area (Å²) in [4.78, 5) is 1.07. The van der Waals surface area contributed by atoms with E-state index in [1.165, 1.54) is 11.3 Å². The van der Waals surface area contributed by atoms with Crippen molar-refractivity contribution < 1.29 is 0 Å². The normalized spacial score (nSPS) is 10.6. The Hall–Kier alpha value is -0.840. The molecule has 0 bridgehead atoms. The molecule has 0 aliphatic heterocycles. The van der Waals surface area contributed by atoms with Crippen LogP contribution in [0.5, 0.6) is 0 Å². The van der Waals surface area contributed by atoms with Crippen LogP contribution in [-0.4, -0.2) is 10.2 Å².